The molecule has 1 atom stereocenters. The predicted octanol–water partition coefficient (Wildman–Crippen LogP) is 2.02. The molecule has 2 aromatic rings. The Bertz CT molecular complexity index is 820. The Morgan fingerprint density at radius 1 is 1.12 bits per heavy atom. The van der Waals surface area contributed by atoms with Gasteiger partial charge in [0.25, 0.3) is 0 Å². The molecule has 0 saturated carbocycles. The van der Waals surface area contributed by atoms with Crippen LogP contribution in [0.5, 0.6) is 5.75 Å². The summed E-state index contributed by atoms with van der Waals surface area (Å²) >= 11 is 0. The number of nitrogens with two attached hydrogens (primary N) is 1. The Kier molecular flexibility index (Phi) is 6.76. The highest BCUT2D eigenvalue weighted by atomic mass is 32.2. The van der Waals surface area contributed by atoms with Gasteiger partial charge in [-0.2, -0.15) is 0 Å². The van der Waals surface area contributed by atoms with E-state index in [-0.39, 0.29) is 10.8 Å². The van der Waals surface area contributed by atoms with Gasteiger partial charge in [0.2, 0.25) is 5.91 Å². The summed E-state index contributed by atoms with van der Waals surface area (Å²) in [6, 6.07) is 14.8. The van der Waals surface area contributed by atoms with Gasteiger partial charge in [0.1, 0.15) is 11.8 Å². The quantitative estimate of drug-likeness (QED) is 0.712. The van der Waals surface area contributed by atoms with E-state index in [1.807, 2.05) is 30.3 Å². The molecule has 140 valence electrons. The number of likely N-dealkylation sites (N-methyl/N-ethyl adjacent to an activating group) is 1. The second kappa shape index (κ2) is 8.82. The van der Waals surface area contributed by atoms with E-state index in [9.17, 15) is 13.2 Å². The zero-order valence-corrected chi connectivity index (χ0v) is 15.8. The van der Waals surface area contributed by atoms with E-state index < -0.39 is 15.9 Å². The molecule has 2 N–H and O–H groups in total. The third-order valence-corrected chi connectivity index (χ3v) is 5.09. The molecule has 2 aromatic carbocycles. The van der Waals surface area contributed by atoms with Crippen LogP contribution in [-0.2, 0) is 14.6 Å². The van der Waals surface area contributed by atoms with Gasteiger partial charge in [0, 0.05) is 19.8 Å². The molecule has 0 spiro atoms. The molecule has 1 unspecified atom stereocenters. The van der Waals surface area contributed by atoms with Crippen LogP contribution in [0.1, 0.15) is 18.0 Å². The maximum atomic E-state index is 12.3. The summed E-state index contributed by atoms with van der Waals surface area (Å²) in [5.41, 5.74) is 6.80. The molecule has 0 aliphatic carbocycles. The molecule has 0 radical (unpaired) electrons. The molecular formula is C19H24N2O4S. The van der Waals surface area contributed by atoms with Crippen LogP contribution in [0.15, 0.2) is 59.5 Å². The molecule has 0 aliphatic rings. The second-order valence-electron chi connectivity index (χ2n) is 6.09. The average Bonchev–Trinajstić information content (AvgIpc) is 2.64. The van der Waals surface area contributed by atoms with Crippen molar-refractivity contribution >= 4 is 15.7 Å². The van der Waals surface area contributed by atoms with E-state index in [1.54, 1.807) is 24.1 Å². The standard InChI is InChI=1S/C19H24N2O4S/c1-21(19(22)18(20)15-7-4-3-5-8-15)13-6-14-25-16-9-11-17(12-10-16)26(2,23)24/h3-5,7-12,18H,6,13-14,20H2,1-2H3. The Morgan fingerprint density at radius 3 is 2.31 bits per heavy atom. The molecule has 7 heteroatoms. The van der Waals surface area contributed by atoms with Crippen molar-refractivity contribution in [3.63, 3.8) is 0 Å². The molecule has 26 heavy (non-hydrogen) atoms. The van der Waals surface area contributed by atoms with Gasteiger partial charge >= 0.3 is 0 Å². The SMILES string of the molecule is CN(CCCOc1ccc(S(C)(=O)=O)cc1)C(=O)C(N)c1ccccc1. The zero-order valence-electron chi connectivity index (χ0n) is 15.0. The first-order valence-corrected chi connectivity index (χ1v) is 10.2. The Hall–Kier alpha value is -2.38. The average molecular weight is 376 g/mol. The lowest BCUT2D eigenvalue weighted by Gasteiger charge is -2.21. The fourth-order valence-corrected chi connectivity index (χ4v) is 3.06. The molecule has 2 rings (SSSR count). The van der Waals surface area contributed by atoms with Crippen LogP contribution in [0, 0.1) is 0 Å². The summed E-state index contributed by atoms with van der Waals surface area (Å²) in [4.78, 5) is 14.2. The number of amides is 1. The maximum Gasteiger partial charge on any atom is 0.243 e. The van der Waals surface area contributed by atoms with Gasteiger partial charge in [-0.3, -0.25) is 4.79 Å². The Labute approximate surface area is 154 Å². The molecule has 0 aliphatic heterocycles. The fraction of sp³-hybridized carbons (Fsp3) is 0.316. The fourth-order valence-electron chi connectivity index (χ4n) is 2.43. The summed E-state index contributed by atoms with van der Waals surface area (Å²) in [6.07, 6.45) is 1.80. The molecule has 1 amide bonds. The second-order valence-corrected chi connectivity index (χ2v) is 8.11. The number of benzene rings is 2. The van der Waals surface area contributed by atoms with Crippen LogP contribution in [-0.4, -0.2) is 45.7 Å². The molecule has 6 nitrogen and oxygen atoms in total. The number of carbonyl (C=O) groups excluding carboxylic acids is 1. The highest BCUT2D eigenvalue weighted by Gasteiger charge is 2.19. The van der Waals surface area contributed by atoms with Gasteiger partial charge in [-0.15, -0.1) is 0 Å². The van der Waals surface area contributed by atoms with Gasteiger partial charge in [-0.25, -0.2) is 8.42 Å². The van der Waals surface area contributed by atoms with Gasteiger partial charge in [0.05, 0.1) is 11.5 Å². The number of nitrogens with zero attached hydrogens (tertiary/aromatic N) is 1. The van der Waals surface area contributed by atoms with Crippen molar-refractivity contribution in [2.45, 2.75) is 17.4 Å². The summed E-state index contributed by atoms with van der Waals surface area (Å²) in [5, 5.41) is 0. The van der Waals surface area contributed by atoms with Gasteiger partial charge in [0.15, 0.2) is 9.84 Å². The number of carbonyl (C=O) groups is 1. The summed E-state index contributed by atoms with van der Waals surface area (Å²) in [5.74, 6) is 0.445. The summed E-state index contributed by atoms with van der Waals surface area (Å²) in [6.45, 7) is 0.928. The lowest BCUT2D eigenvalue weighted by atomic mass is 10.1. The lowest BCUT2D eigenvalue weighted by molar-refractivity contribution is -0.131. The van der Waals surface area contributed by atoms with Gasteiger partial charge < -0.3 is 15.4 Å². The van der Waals surface area contributed by atoms with Crippen LogP contribution in [0.2, 0.25) is 0 Å². The molecule has 0 bridgehead atoms. The van der Waals surface area contributed by atoms with Crippen LogP contribution in [0.3, 0.4) is 0 Å². The van der Waals surface area contributed by atoms with E-state index in [1.165, 1.54) is 12.1 Å². The Balaban J connectivity index is 1.77. The molecular weight excluding hydrogens is 352 g/mol. The van der Waals surface area contributed by atoms with Crippen molar-refractivity contribution in [2.75, 3.05) is 26.5 Å². The van der Waals surface area contributed by atoms with E-state index in [0.717, 1.165) is 11.8 Å². The monoisotopic (exact) mass is 376 g/mol. The summed E-state index contributed by atoms with van der Waals surface area (Å²) < 4.78 is 28.4. The number of rotatable bonds is 8. The first-order valence-electron chi connectivity index (χ1n) is 8.27. The van der Waals surface area contributed by atoms with Crippen molar-refractivity contribution in [3.05, 3.63) is 60.2 Å². The third-order valence-electron chi connectivity index (χ3n) is 3.96. The number of sulfone groups is 1. The van der Waals surface area contributed by atoms with E-state index in [2.05, 4.69) is 0 Å². The molecule has 0 aromatic heterocycles. The van der Waals surface area contributed by atoms with E-state index in [0.29, 0.717) is 25.3 Å². The van der Waals surface area contributed by atoms with Crippen LogP contribution < -0.4 is 10.5 Å². The normalized spacial score (nSPS) is 12.4. The third kappa shape index (κ3) is 5.57. The molecule has 0 saturated heterocycles. The minimum Gasteiger partial charge on any atom is -0.494 e. The predicted molar refractivity (Wildman–Crippen MR) is 101 cm³/mol. The largest absolute Gasteiger partial charge is 0.494 e. The number of ether oxygens (including phenoxy) is 1. The number of hydrogen-bond acceptors (Lipinski definition) is 5. The van der Waals surface area contributed by atoms with Crippen LogP contribution in [0.25, 0.3) is 0 Å². The smallest absolute Gasteiger partial charge is 0.243 e. The summed E-state index contributed by atoms with van der Waals surface area (Å²) in [7, 11) is -1.49. The van der Waals surface area contributed by atoms with Crippen molar-refractivity contribution in [2.24, 2.45) is 5.73 Å². The van der Waals surface area contributed by atoms with Crippen molar-refractivity contribution in [1.29, 1.82) is 0 Å². The van der Waals surface area contributed by atoms with E-state index >= 15 is 0 Å². The van der Waals surface area contributed by atoms with Crippen molar-refractivity contribution < 1.29 is 17.9 Å². The maximum absolute atomic E-state index is 12.3. The lowest BCUT2D eigenvalue weighted by Crippen LogP contribution is -2.36. The zero-order chi connectivity index (χ0) is 19.2. The van der Waals surface area contributed by atoms with Crippen molar-refractivity contribution in [1.82, 2.24) is 4.90 Å². The molecule has 0 fully saturated rings. The van der Waals surface area contributed by atoms with Crippen LogP contribution in [0.4, 0.5) is 0 Å². The minimum absolute atomic E-state index is 0.145. The first-order chi connectivity index (χ1) is 12.3. The molecule has 0 heterocycles. The van der Waals surface area contributed by atoms with Gasteiger partial charge in [-0.05, 0) is 36.2 Å². The van der Waals surface area contributed by atoms with E-state index in [4.69, 9.17) is 10.5 Å². The minimum atomic E-state index is -3.21. The Morgan fingerprint density at radius 2 is 1.73 bits per heavy atom. The van der Waals surface area contributed by atoms with Crippen molar-refractivity contribution in [3.8, 4) is 5.75 Å². The first kappa shape index (κ1) is 19.9. The van der Waals surface area contributed by atoms with Gasteiger partial charge in [-0.1, -0.05) is 30.3 Å². The van der Waals surface area contributed by atoms with Crippen LogP contribution >= 0.6 is 0 Å². The topological polar surface area (TPSA) is 89.7 Å². The highest BCUT2D eigenvalue weighted by Crippen LogP contribution is 2.16. The highest BCUT2D eigenvalue weighted by molar-refractivity contribution is 7.90. The number of hydrogen-bond donors (Lipinski definition) is 1.